The molecule has 0 fully saturated rings. The molecule has 0 saturated carbocycles. The van der Waals surface area contributed by atoms with Gasteiger partial charge in [-0.2, -0.15) is 0 Å². The van der Waals surface area contributed by atoms with Gasteiger partial charge < -0.3 is 0 Å². The van der Waals surface area contributed by atoms with E-state index >= 15 is 0 Å². The molecule has 0 N–H and O–H groups in total. The molecular formula is C13H12ClN3O2S. The molecule has 104 valence electrons. The molecule has 0 aliphatic rings. The summed E-state index contributed by atoms with van der Waals surface area (Å²) in [6, 6.07) is 6.18. The minimum Gasteiger partial charge on any atom is -0.258 e. The van der Waals surface area contributed by atoms with Gasteiger partial charge in [0.2, 0.25) is 5.28 Å². The average molecular weight is 310 g/mol. The standard InChI is InChI=1S/C13H12ClN3O2S/c1-8-3-9(2)5-10(4-8)7-20-12-11(17(18)19)6-15-13(14)16-12/h3-6H,7H2,1-2H3. The highest BCUT2D eigenvalue weighted by atomic mass is 35.5. The van der Waals surface area contributed by atoms with Crippen LogP contribution in [0.25, 0.3) is 0 Å². The molecule has 0 spiro atoms. The summed E-state index contributed by atoms with van der Waals surface area (Å²) < 4.78 is 0. The molecule has 0 aliphatic heterocycles. The van der Waals surface area contributed by atoms with Crippen molar-refractivity contribution in [1.82, 2.24) is 9.97 Å². The first-order valence-corrected chi connectivity index (χ1v) is 7.19. The van der Waals surface area contributed by atoms with Crippen LogP contribution in [0.3, 0.4) is 0 Å². The number of rotatable bonds is 4. The quantitative estimate of drug-likeness (QED) is 0.281. The Labute approximate surface area is 125 Å². The molecule has 0 atom stereocenters. The predicted molar refractivity (Wildman–Crippen MR) is 79.2 cm³/mol. The first kappa shape index (κ1) is 14.7. The number of hydrogen-bond acceptors (Lipinski definition) is 5. The number of nitro groups is 1. The molecule has 1 aromatic heterocycles. The van der Waals surface area contributed by atoms with Crippen LogP contribution in [0.1, 0.15) is 16.7 Å². The summed E-state index contributed by atoms with van der Waals surface area (Å²) in [7, 11) is 0. The molecule has 2 rings (SSSR count). The Morgan fingerprint density at radius 1 is 1.30 bits per heavy atom. The van der Waals surface area contributed by atoms with Crippen molar-refractivity contribution in [3.8, 4) is 0 Å². The van der Waals surface area contributed by atoms with Crippen molar-refractivity contribution < 1.29 is 4.92 Å². The zero-order valence-electron chi connectivity index (χ0n) is 11.0. The topological polar surface area (TPSA) is 68.9 Å². The zero-order valence-corrected chi connectivity index (χ0v) is 12.5. The van der Waals surface area contributed by atoms with Gasteiger partial charge in [0.25, 0.3) is 0 Å². The lowest BCUT2D eigenvalue weighted by molar-refractivity contribution is -0.388. The van der Waals surface area contributed by atoms with E-state index in [1.807, 2.05) is 13.8 Å². The third kappa shape index (κ3) is 3.68. The maximum Gasteiger partial charge on any atom is 0.319 e. The molecule has 1 aromatic carbocycles. The highest BCUT2D eigenvalue weighted by Gasteiger charge is 2.17. The second-order valence-corrected chi connectivity index (χ2v) is 5.67. The van der Waals surface area contributed by atoms with Crippen LogP contribution in [0.15, 0.2) is 29.4 Å². The Balaban J connectivity index is 2.22. The molecule has 0 saturated heterocycles. The highest BCUT2D eigenvalue weighted by molar-refractivity contribution is 7.98. The summed E-state index contributed by atoms with van der Waals surface area (Å²) in [5.41, 5.74) is 3.30. The van der Waals surface area contributed by atoms with E-state index in [0.717, 1.165) is 22.9 Å². The van der Waals surface area contributed by atoms with E-state index in [2.05, 4.69) is 28.2 Å². The van der Waals surface area contributed by atoms with Crippen molar-refractivity contribution in [1.29, 1.82) is 0 Å². The minimum atomic E-state index is -0.500. The fraction of sp³-hybridized carbons (Fsp3) is 0.231. The molecule has 2 aromatic rings. The number of hydrogen-bond donors (Lipinski definition) is 0. The molecule has 20 heavy (non-hydrogen) atoms. The van der Waals surface area contributed by atoms with E-state index in [-0.39, 0.29) is 16.0 Å². The highest BCUT2D eigenvalue weighted by Crippen LogP contribution is 2.30. The van der Waals surface area contributed by atoms with Gasteiger partial charge in [0.1, 0.15) is 6.20 Å². The van der Waals surface area contributed by atoms with Gasteiger partial charge in [-0.15, -0.1) is 0 Å². The van der Waals surface area contributed by atoms with E-state index in [4.69, 9.17) is 11.6 Å². The molecule has 0 aliphatic carbocycles. The predicted octanol–water partition coefficient (Wildman–Crippen LogP) is 3.95. The SMILES string of the molecule is Cc1cc(C)cc(CSc2nc(Cl)ncc2[N+](=O)[O-])c1. The normalized spacial score (nSPS) is 10.6. The number of benzene rings is 1. The number of aryl methyl sites for hydroxylation is 2. The average Bonchev–Trinajstić information content (AvgIpc) is 2.35. The van der Waals surface area contributed by atoms with E-state index in [1.54, 1.807) is 0 Å². The maximum absolute atomic E-state index is 10.9. The van der Waals surface area contributed by atoms with Gasteiger partial charge in [0.15, 0.2) is 5.03 Å². The van der Waals surface area contributed by atoms with Gasteiger partial charge in [-0.3, -0.25) is 10.1 Å². The Bertz CT molecular complexity index is 644. The van der Waals surface area contributed by atoms with Crippen molar-refractivity contribution >= 4 is 29.1 Å². The summed E-state index contributed by atoms with van der Waals surface area (Å²) in [6.45, 7) is 4.04. The van der Waals surface area contributed by atoms with Gasteiger partial charge in [0, 0.05) is 5.75 Å². The molecule has 5 nitrogen and oxygen atoms in total. The van der Waals surface area contributed by atoms with Crippen LogP contribution in [-0.2, 0) is 5.75 Å². The van der Waals surface area contributed by atoms with Crippen LogP contribution in [0.4, 0.5) is 5.69 Å². The number of aromatic nitrogens is 2. The van der Waals surface area contributed by atoms with Crippen LogP contribution in [0.2, 0.25) is 5.28 Å². The fourth-order valence-electron chi connectivity index (χ4n) is 1.88. The molecule has 0 unspecified atom stereocenters. The van der Waals surface area contributed by atoms with Gasteiger partial charge in [-0.1, -0.05) is 41.1 Å². The molecule has 0 amide bonds. The van der Waals surface area contributed by atoms with Crippen LogP contribution < -0.4 is 0 Å². The Morgan fingerprint density at radius 3 is 2.55 bits per heavy atom. The monoisotopic (exact) mass is 309 g/mol. The van der Waals surface area contributed by atoms with Crippen LogP contribution in [0.5, 0.6) is 0 Å². The Hall–Kier alpha value is -1.66. The van der Waals surface area contributed by atoms with Gasteiger partial charge >= 0.3 is 5.69 Å². The third-order valence-electron chi connectivity index (χ3n) is 2.56. The number of halogens is 1. The van der Waals surface area contributed by atoms with E-state index in [1.165, 1.54) is 11.8 Å². The molecule has 1 heterocycles. The summed E-state index contributed by atoms with van der Waals surface area (Å²) in [4.78, 5) is 18.0. The van der Waals surface area contributed by atoms with Gasteiger partial charge in [-0.25, -0.2) is 9.97 Å². The van der Waals surface area contributed by atoms with Gasteiger partial charge in [0.05, 0.1) is 4.92 Å². The van der Waals surface area contributed by atoms with E-state index in [9.17, 15) is 10.1 Å². The van der Waals surface area contributed by atoms with E-state index < -0.39 is 4.92 Å². The first-order valence-electron chi connectivity index (χ1n) is 5.82. The fourth-order valence-corrected chi connectivity index (χ4v) is 2.95. The maximum atomic E-state index is 10.9. The van der Waals surface area contributed by atoms with Crippen molar-refractivity contribution in [3.05, 3.63) is 56.5 Å². The lowest BCUT2D eigenvalue weighted by Crippen LogP contribution is -1.96. The summed E-state index contributed by atoms with van der Waals surface area (Å²) in [6.07, 6.45) is 1.14. The molecule has 7 heteroatoms. The summed E-state index contributed by atoms with van der Waals surface area (Å²) >= 11 is 6.98. The number of thioether (sulfide) groups is 1. The third-order valence-corrected chi connectivity index (χ3v) is 3.79. The van der Waals surface area contributed by atoms with Gasteiger partial charge in [-0.05, 0) is 31.0 Å². The Kier molecular flexibility index (Phi) is 4.57. The minimum absolute atomic E-state index is 0.0125. The lowest BCUT2D eigenvalue weighted by Gasteiger charge is -2.05. The second-order valence-electron chi connectivity index (χ2n) is 4.37. The molecular weight excluding hydrogens is 298 g/mol. The van der Waals surface area contributed by atoms with Crippen molar-refractivity contribution in [2.24, 2.45) is 0 Å². The van der Waals surface area contributed by atoms with Crippen LogP contribution >= 0.6 is 23.4 Å². The van der Waals surface area contributed by atoms with Crippen molar-refractivity contribution in [2.45, 2.75) is 24.6 Å². The van der Waals surface area contributed by atoms with Crippen LogP contribution in [-0.4, -0.2) is 14.9 Å². The van der Waals surface area contributed by atoms with Crippen molar-refractivity contribution in [3.63, 3.8) is 0 Å². The molecule has 0 bridgehead atoms. The smallest absolute Gasteiger partial charge is 0.258 e. The zero-order chi connectivity index (χ0) is 14.7. The summed E-state index contributed by atoms with van der Waals surface area (Å²) in [5, 5.41) is 11.2. The van der Waals surface area contributed by atoms with Crippen molar-refractivity contribution in [2.75, 3.05) is 0 Å². The summed E-state index contributed by atoms with van der Waals surface area (Å²) in [5.74, 6) is 0.594. The lowest BCUT2D eigenvalue weighted by atomic mass is 10.1. The number of nitrogens with zero attached hydrogens (tertiary/aromatic N) is 3. The Morgan fingerprint density at radius 2 is 1.95 bits per heavy atom. The first-order chi connectivity index (χ1) is 9.45. The second kappa shape index (κ2) is 6.19. The largest absolute Gasteiger partial charge is 0.319 e. The molecule has 0 radical (unpaired) electrons. The van der Waals surface area contributed by atoms with Crippen LogP contribution in [0, 0.1) is 24.0 Å². The van der Waals surface area contributed by atoms with E-state index in [0.29, 0.717) is 5.75 Å².